The lowest BCUT2D eigenvalue weighted by Gasteiger charge is -2.13. The van der Waals surface area contributed by atoms with Crippen LogP contribution in [0.15, 0.2) is 6.07 Å². The first-order chi connectivity index (χ1) is 9.49. The minimum atomic E-state index is -0.750. The molecule has 1 heterocycles. The second-order valence-corrected chi connectivity index (χ2v) is 3.37. The summed E-state index contributed by atoms with van der Waals surface area (Å²) in [7, 11) is 2.83. The lowest BCUT2D eigenvalue weighted by molar-refractivity contribution is 0.181. The standard InChI is InChI=1S/C10H15N5O3.C2H6.3H2/c1-17-4-6-8(9(12)18-2)5(11)3-7(14-6)15-10(13)16;1-2;;;/h3,12H,4H2,1-2H3,(H5,11,13,14,15,16);1-2H3;3*1H. The molecule has 6 N–H and O–H groups in total. The molecule has 1 aromatic heterocycles. The summed E-state index contributed by atoms with van der Waals surface area (Å²) in [4.78, 5) is 14.9. The van der Waals surface area contributed by atoms with Gasteiger partial charge in [0.1, 0.15) is 5.82 Å². The minimum Gasteiger partial charge on any atom is -0.481 e. The SMILES string of the molecule is CC.COCc1nc(NC(N)=O)cc(N)c1C(=N)OC.[HH].[HH].[HH]. The van der Waals surface area contributed by atoms with E-state index in [1.54, 1.807) is 0 Å². The van der Waals surface area contributed by atoms with Gasteiger partial charge in [0, 0.05) is 23.1 Å². The van der Waals surface area contributed by atoms with Gasteiger partial charge in [-0.3, -0.25) is 10.7 Å². The number of urea groups is 1. The molecule has 1 aromatic rings. The van der Waals surface area contributed by atoms with Gasteiger partial charge >= 0.3 is 6.03 Å². The Labute approximate surface area is 122 Å². The average molecular weight is 289 g/mol. The van der Waals surface area contributed by atoms with Crippen molar-refractivity contribution in [2.24, 2.45) is 5.73 Å². The van der Waals surface area contributed by atoms with Crippen molar-refractivity contribution in [2.75, 3.05) is 25.3 Å². The van der Waals surface area contributed by atoms with Crippen molar-refractivity contribution in [2.45, 2.75) is 20.5 Å². The number of ether oxygens (including phenoxy) is 2. The molecule has 118 valence electrons. The van der Waals surface area contributed by atoms with Gasteiger partial charge in [0.25, 0.3) is 0 Å². The van der Waals surface area contributed by atoms with Gasteiger partial charge in [-0.15, -0.1) is 0 Å². The quantitative estimate of drug-likeness (QED) is 0.496. The molecule has 0 spiro atoms. The van der Waals surface area contributed by atoms with Crippen molar-refractivity contribution in [3.63, 3.8) is 0 Å². The highest BCUT2D eigenvalue weighted by molar-refractivity contribution is 5.99. The van der Waals surface area contributed by atoms with Crippen molar-refractivity contribution in [3.8, 4) is 0 Å². The van der Waals surface area contributed by atoms with Crippen molar-refractivity contribution in [3.05, 3.63) is 17.3 Å². The van der Waals surface area contributed by atoms with Crippen molar-refractivity contribution in [1.29, 1.82) is 5.41 Å². The lowest BCUT2D eigenvalue weighted by Crippen LogP contribution is -2.21. The Morgan fingerprint density at radius 3 is 2.55 bits per heavy atom. The number of primary amides is 1. The second kappa shape index (κ2) is 8.70. The number of nitrogen functional groups attached to an aromatic ring is 1. The fourth-order valence-electron chi connectivity index (χ4n) is 1.42. The molecule has 0 saturated heterocycles. The number of carbonyl (C=O) groups is 1. The number of amides is 2. The molecule has 0 unspecified atom stereocenters. The molecule has 1 rings (SSSR count). The van der Waals surface area contributed by atoms with E-state index in [1.165, 1.54) is 20.3 Å². The number of pyridine rings is 1. The highest BCUT2D eigenvalue weighted by Gasteiger charge is 2.16. The molecular formula is C12H27N5O3. The van der Waals surface area contributed by atoms with Gasteiger partial charge in [-0.25, -0.2) is 9.78 Å². The summed E-state index contributed by atoms with van der Waals surface area (Å²) in [5.41, 5.74) is 11.7. The summed E-state index contributed by atoms with van der Waals surface area (Å²) >= 11 is 0. The predicted molar refractivity (Wildman–Crippen MR) is 84.1 cm³/mol. The van der Waals surface area contributed by atoms with Crippen molar-refractivity contribution >= 4 is 23.4 Å². The van der Waals surface area contributed by atoms with Gasteiger partial charge in [0.15, 0.2) is 0 Å². The Balaban J connectivity index is -0.000000347. The van der Waals surface area contributed by atoms with Gasteiger partial charge in [-0.05, 0) is 0 Å². The van der Waals surface area contributed by atoms with Crippen LogP contribution in [-0.2, 0) is 16.1 Å². The fraction of sp³-hybridized carbons (Fsp3) is 0.417. The lowest BCUT2D eigenvalue weighted by atomic mass is 10.1. The van der Waals surface area contributed by atoms with Crippen LogP contribution < -0.4 is 16.8 Å². The normalized spacial score (nSPS) is 9.20. The molecule has 0 aliphatic rings. The Morgan fingerprint density at radius 1 is 1.50 bits per heavy atom. The molecule has 0 saturated carbocycles. The molecule has 0 aliphatic heterocycles. The molecule has 8 heteroatoms. The molecule has 0 aromatic carbocycles. The molecule has 8 nitrogen and oxygen atoms in total. The number of nitrogens with zero attached hydrogens (tertiary/aromatic N) is 1. The van der Waals surface area contributed by atoms with Crippen LogP contribution in [0.25, 0.3) is 0 Å². The highest BCUT2D eigenvalue weighted by Crippen LogP contribution is 2.21. The van der Waals surface area contributed by atoms with Crippen LogP contribution in [0.5, 0.6) is 0 Å². The first kappa shape index (κ1) is 17.6. The van der Waals surface area contributed by atoms with Crippen LogP contribution in [0.3, 0.4) is 0 Å². The Hall–Kier alpha value is -2.35. The number of hydrogen-bond acceptors (Lipinski definition) is 6. The van der Waals surface area contributed by atoms with E-state index < -0.39 is 6.03 Å². The number of hydrogen-bond donors (Lipinski definition) is 4. The number of nitrogens with two attached hydrogens (primary N) is 2. The maximum absolute atomic E-state index is 10.8. The number of rotatable bonds is 4. The van der Waals surface area contributed by atoms with E-state index in [9.17, 15) is 4.79 Å². The van der Waals surface area contributed by atoms with E-state index in [0.29, 0.717) is 11.3 Å². The molecule has 20 heavy (non-hydrogen) atoms. The summed E-state index contributed by atoms with van der Waals surface area (Å²) in [5, 5.41) is 9.95. The van der Waals surface area contributed by atoms with E-state index >= 15 is 0 Å². The van der Waals surface area contributed by atoms with Crippen LogP contribution in [0, 0.1) is 5.41 Å². The first-order valence-corrected chi connectivity index (χ1v) is 5.97. The third-order valence-corrected chi connectivity index (χ3v) is 2.09. The number of carbonyl (C=O) groups excluding carboxylic acids is 1. The van der Waals surface area contributed by atoms with Crippen LogP contribution in [0.2, 0.25) is 0 Å². The Bertz CT molecular complexity index is 489. The molecular weight excluding hydrogens is 262 g/mol. The van der Waals surface area contributed by atoms with E-state index in [0.717, 1.165) is 0 Å². The summed E-state index contributed by atoms with van der Waals surface area (Å²) in [6, 6.07) is 0.645. The molecule has 0 aliphatic carbocycles. The van der Waals surface area contributed by atoms with Crippen LogP contribution >= 0.6 is 0 Å². The van der Waals surface area contributed by atoms with Gasteiger partial charge in [0.05, 0.1) is 25.0 Å². The maximum atomic E-state index is 10.8. The average Bonchev–Trinajstić information content (AvgIpc) is 2.39. The number of aromatic nitrogens is 1. The van der Waals surface area contributed by atoms with E-state index in [2.05, 4.69) is 10.3 Å². The van der Waals surface area contributed by atoms with Gasteiger partial charge in [-0.1, -0.05) is 13.8 Å². The summed E-state index contributed by atoms with van der Waals surface area (Å²) in [6.07, 6.45) is 0. The molecule has 2 amide bonds. The van der Waals surface area contributed by atoms with Gasteiger partial charge in [0.2, 0.25) is 5.90 Å². The molecule has 0 radical (unpaired) electrons. The van der Waals surface area contributed by atoms with E-state index in [1.807, 2.05) is 13.8 Å². The van der Waals surface area contributed by atoms with Crippen LogP contribution in [0.4, 0.5) is 16.3 Å². The zero-order chi connectivity index (χ0) is 15.7. The summed E-state index contributed by atoms with van der Waals surface area (Å²) in [5.74, 6) is 0.0670. The zero-order valence-corrected chi connectivity index (χ0v) is 12.1. The number of anilines is 2. The van der Waals surface area contributed by atoms with Crippen molar-refractivity contribution < 1.29 is 18.5 Å². The Kier molecular flexibility index (Phi) is 7.68. The third-order valence-electron chi connectivity index (χ3n) is 2.09. The molecule has 0 fully saturated rings. The van der Waals surface area contributed by atoms with E-state index in [4.69, 9.17) is 26.4 Å². The van der Waals surface area contributed by atoms with Gasteiger partial charge < -0.3 is 20.9 Å². The topological polar surface area (TPSA) is 136 Å². The first-order valence-electron chi connectivity index (χ1n) is 5.97. The number of methoxy groups -OCH3 is 2. The summed E-state index contributed by atoms with van der Waals surface area (Å²) < 4.78 is 9.78. The maximum Gasteiger partial charge on any atom is 0.317 e. The largest absolute Gasteiger partial charge is 0.481 e. The Morgan fingerprint density at radius 2 is 2.10 bits per heavy atom. The summed E-state index contributed by atoms with van der Waals surface area (Å²) in [6.45, 7) is 4.12. The zero-order valence-electron chi connectivity index (χ0n) is 12.1. The molecule has 0 bridgehead atoms. The van der Waals surface area contributed by atoms with Crippen LogP contribution in [-0.4, -0.2) is 31.1 Å². The van der Waals surface area contributed by atoms with Crippen LogP contribution in [0.1, 0.15) is 29.4 Å². The minimum absolute atomic E-state index is 0. The van der Waals surface area contributed by atoms with Crippen molar-refractivity contribution in [1.82, 2.24) is 4.98 Å². The van der Waals surface area contributed by atoms with E-state index in [-0.39, 0.29) is 28.3 Å². The second-order valence-electron chi connectivity index (χ2n) is 3.37. The fourth-order valence-corrected chi connectivity index (χ4v) is 1.42. The monoisotopic (exact) mass is 289 g/mol. The molecule has 0 atom stereocenters. The third kappa shape index (κ3) is 4.73. The van der Waals surface area contributed by atoms with Gasteiger partial charge in [-0.2, -0.15) is 0 Å². The highest BCUT2D eigenvalue weighted by atomic mass is 16.5. The predicted octanol–water partition coefficient (Wildman–Crippen LogP) is 2.04. The smallest absolute Gasteiger partial charge is 0.317 e. The number of nitrogens with one attached hydrogen (secondary N) is 2.